The largest absolute Gasteiger partial charge is 0.598 e. The van der Waals surface area contributed by atoms with E-state index in [0.29, 0.717) is 32.5 Å². The van der Waals surface area contributed by atoms with E-state index >= 15 is 0 Å². The monoisotopic (exact) mass is 514 g/mol. The molecule has 1 heterocycles. The van der Waals surface area contributed by atoms with Gasteiger partial charge in [0.25, 0.3) is 0 Å². The number of esters is 1. The molecule has 0 aromatic heterocycles. The summed E-state index contributed by atoms with van der Waals surface area (Å²) in [5, 5.41) is 2.86. The van der Waals surface area contributed by atoms with E-state index in [1.54, 1.807) is 0 Å². The quantitative estimate of drug-likeness (QED) is 0.380. The van der Waals surface area contributed by atoms with E-state index in [-0.39, 0.29) is 16.6 Å². The Labute approximate surface area is 217 Å². The summed E-state index contributed by atoms with van der Waals surface area (Å²) in [5.74, 6) is 0.310. The number of amides is 1. The molecule has 0 spiro atoms. The number of hydrogen-bond acceptors (Lipinski definition) is 6. The second-order valence-corrected chi connectivity index (χ2v) is 12.4. The van der Waals surface area contributed by atoms with E-state index in [1.807, 2.05) is 79.7 Å². The molecule has 2 aromatic rings. The summed E-state index contributed by atoms with van der Waals surface area (Å²) in [6.45, 7) is 7.82. The normalized spacial score (nSPS) is 16.7. The maximum atomic E-state index is 12.8. The average molecular weight is 515 g/mol. The van der Waals surface area contributed by atoms with Gasteiger partial charge in [0.05, 0.1) is 7.11 Å². The number of nitrogens with one attached hydrogen (secondary N) is 1. The molecule has 0 radical (unpaired) electrons. The van der Waals surface area contributed by atoms with Crippen molar-refractivity contribution in [3.63, 3.8) is 0 Å². The van der Waals surface area contributed by atoms with Crippen molar-refractivity contribution in [1.29, 1.82) is 0 Å². The van der Waals surface area contributed by atoms with Crippen molar-refractivity contribution in [2.24, 2.45) is 5.92 Å². The highest BCUT2D eigenvalue weighted by Crippen LogP contribution is 2.27. The first-order chi connectivity index (χ1) is 17.2. The number of benzene rings is 2. The minimum absolute atomic E-state index is 0.163. The molecular formula is C28H38N2O5S. The Bertz CT molecular complexity index is 970. The molecule has 7 nitrogen and oxygen atoms in total. The molecule has 36 heavy (non-hydrogen) atoms. The number of methoxy groups -OCH3 is 1. The molecule has 1 amide bonds. The van der Waals surface area contributed by atoms with Crippen LogP contribution in [0.4, 0.5) is 0 Å². The molecule has 1 N–H and O–H groups in total. The topological polar surface area (TPSA) is 90.9 Å². The van der Waals surface area contributed by atoms with Crippen LogP contribution in [0.3, 0.4) is 0 Å². The Morgan fingerprint density at radius 2 is 1.69 bits per heavy atom. The second-order valence-electron chi connectivity index (χ2n) is 10.2. The Morgan fingerprint density at radius 1 is 1.06 bits per heavy atom. The van der Waals surface area contributed by atoms with Gasteiger partial charge >= 0.3 is 5.97 Å². The molecule has 1 aliphatic heterocycles. The standard InChI is InChI=1S/C28H38N2O5S/c1-28(2,3)36(33)30-16-14-22(15-17-30)19-26(31)29-25(27(32)34-4)18-21-10-12-24(13-11-21)35-20-23-8-6-5-7-9-23/h5-13,22,25H,14-20H2,1-4H3,(H,29,31)/t25-,36?/m0/s1. The first-order valence-corrected chi connectivity index (χ1v) is 13.6. The highest BCUT2D eigenvalue weighted by molar-refractivity contribution is 7.90. The van der Waals surface area contributed by atoms with Gasteiger partial charge in [0.2, 0.25) is 5.91 Å². The van der Waals surface area contributed by atoms with Crippen molar-refractivity contribution in [2.45, 2.75) is 63.9 Å². The summed E-state index contributed by atoms with van der Waals surface area (Å²) in [4.78, 5) is 25.1. The minimum atomic E-state index is -1.04. The summed E-state index contributed by atoms with van der Waals surface area (Å²) in [6.07, 6.45) is 2.29. The van der Waals surface area contributed by atoms with Crippen molar-refractivity contribution in [1.82, 2.24) is 9.62 Å². The van der Waals surface area contributed by atoms with Crippen LogP contribution in [0.25, 0.3) is 0 Å². The van der Waals surface area contributed by atoms with Gasteiger partial charge in [-0.05, 0) is 62.8 Å². The van der Waals surface area contributed by atoms with E-state index in [1.165, 1.54) is 7.11 Å². The molecule has 1 aliphatic rings. The van der Waals surface area contributed by atoms with Gasteiger partial charge in [-0.3, -0.25) is 4.79 Å². The van der Waals surface area contributed by atoms with Crippen LogP contribution in [0, 0.1) is 5.92 Å². The van der Waals surface area contributed by atoms with Crippen LogP contribution in [-0.4, -0.2) is 51.7 Å². The molecule has 3 rings (SSSR count). The van der Waals surface area contributed by atoms with Crippen LogP contribution < -0.4 is 10.1 Å². The smallest absolute Gasteiger partial charge is 0.328 e. The van der Waals surface area contributed by atoms with Crippen molar-refractivity contribution in [2.75, 3.05) is 20.2 Å². The molecule has 2 aromatic carbocycles. The molecule has 0 bridgehead atoms. The van der Waals surface area contributed by atoms with Crippen molar-refractivity contribution in [3.8, 4) is 5.75 Å². The number of carbonyl (C=O) groups excluding carboxylic acids is 2. The third-order valence-corrected chi connectivity index (χ3v) is 8.12. The number of carbonyl (C=O) groups is 2. The Morgan fingerprint density at radius 3 is 2.28 bits per heavy atom. The Balaban J connectivity index is 1.49. The zero-order valence-corrected chi connectivity index (χ0v) is 22.5. The first kappa shape index (κ1) is 28.0. The van der Waals surface area contributed by atoms with Crippen LogP contribution in [0.1, 0.15) is 51.2 Å². The van der Waals surface area contributed by atoms with Gasteiger partial charge in [-0.2, -0.15) is 0 Å². The van der Waals surface area contributed by atoms with Gasteiger partial charge < -0.3 is 19.3 Å². The van der Waals surface area contributed by atoms with E-state index < -0.39 is 23.4 Å². The second kappa shape index (κ2) is 13.1. The van der Waals surface area contributed by atoms with E-state index in [2.05, 4.69) is 5.32 Å². The number of hydrogen-bond donors (Lipinski definition) is 1. The number of rotatable bonds is 10. The van der Waals surface area contributed by atoms with Crippen molar-refractivity contribution in [3.05, 3.63) is 65.7 Å². The van der Waals surface area contributed by atoms with Crippen LogP contribution in [0.5, 0.6) is 5.75 Å². The maximum Gasteiger partial charge on any atom is 0.328 e. The van der Waals surface area contributed by atoms with Gasteiger partial charge in [-0.15, -0.1) is 4.31 Å². The van der Waals surface area contributed by atoms with Gasteiger partial charge in [0, 0.05) is 37.3 Å². The minimum Gasteiger partial charge on any atom is -0.598 e. The molecule has 8 heteroatoms. The van der Waals surface area contributed by atoms with Crippen LogP contribution in [-0.2, 0) is 38.7 Å². The third kappa shape index (κ3) is 8.54. The van der Waals surface area contributed by atoms with Crippen molar-refractivity contribution >= 4 is 23.2 Å². The third-order valence-electron chi connectivity index (χ3n) is 6.24. The predicted octanol–water partition coefficient (Wildman–Crippen LogP) is 4.03. The average Bonchev–Trinajstić information content (AvgIpc) is 2.87. The molecule has 1 fully saturated rings. The summed E-state index contributed by atoms with van der Waals surface area (Å²) < 4.78 is 25.1. The molecule has 1 saturated heterocycles. The van der Waals surface area contributed by atoms with E-state index in [0.717, 1.165) is 29.7 Å². The summed E-state index contributed by atoms with van der Waals surface area (Å²) >= 11 is -1.04. The lowest BCUT2D eigenvalue weighted by Crippen LogP contribution is -2.47. The zero-order valence-electron chi connectivity index (χ0n) is 21.7. The Hall–Kier alpha value is -2.55. The highest BCUT2D eigenvalue weighted by atomic mass is 32.2. The number of piperidine rings is 1. The van der Waals surface area contributed by atoms with Crippen LogP contribution >= 0.6 is 0 Å². The SMILES string of the molecule is COC(=O)[C@H](Cc1ccc(OCc2ccccc2)cc1)NC(=O)CC1CCN([S+]([O-])C(C)(C)C)CC1. The summed E-state index contributed by atoms with van der Waals surface area (Å²) in [7, 11) is 1.33. The maximum absolute atomic E-state index is 12.8. The lowest BCUT2D eigenvalue weighted by atomic mass is 9.94. The lowest BCUT2D eigenvalue weighted by Gasteiger charge is -2.36. The summed E-state index contributed by atoms with van der Waals surface area (Å²) in [6, 6.07) is 16.7. The molecule has 1 unspecified atom stereocenters. The van der Waals surface area contributed by atoms with E-state index in [9.17, 15) is 14.1 Å². The van der Waals surface area contributed by atoms with Crippen molar-refractivity contribution < 1.29 is 23.6 Å². The first-order valence-electron chi connectivity index (χ1n) is 12.5. The summed E-state index contributed by atoms with van der Waals surface area (Å²) in [5.41, 5.74) is 1.99. The van der Waals surface area contributed by atoms with Crippen LogP contribution in [0.2, 0.25) is 0 Å². The van der Waals surface area contributed by atoms with Gasteiger partial charge in [0.1, 0.15) is 23.1 Å². The zero-order chi connectivity index (χ0) is 26.1. The van der Waals surface area contributed by atoms with Gasteiger partial charge in [-0.1, -0.05) is 42.5 Å². The fraction of sp³-hybridized carbons (Fsp3) is 0.500. The molecule has 0 aliphatic carbocycles. The lowest BCUT2D eigenvalue weighted by molar-refractivity contribution is -0.145. The van der Waals surface area contributed by atoms with E-state index in [4.69, 9.17) is 9.47 Å². The molecule has 2 atom stereocenters. The molecular weight excluding hydrogens is 476 g/mol. The molecule has 196 valence electrons. The van der Waals surface area contributed by atoms with Crippen LogP contribution in [0.15, 0.2) is 54.6 Å². The molecule has 0 saturated carbocycles. The van der Waals surface area contributed by atoms with Gasteiger partial charge in [-0.25, -0.2) is 4.79 Å². The number of ether oxygens (including phenoxy) is 2. The van der Waals surface area contributed by atoms with Gasteiger partial charge in [0.15, 0.2) is 0 Å². The fourth-order valence-corrected chi connectivity index (χ4v) is 5.53. The highest BCUT2D eigenvalue weighted by Gasteiger charge is 2.36. The number of nitrogens with zero attached hydrogens (tertiary/aromatic N) is 1. The Kier molecular flexibility index (Phi) is 10.2. The predicted molar refractivity (Wildman–Crippen MR) is 142 cm³/mol. The fourth-order valence-electron chi connectivity index (χ4n) is 4.22.